The number of unbranched alkanes of at least 4 members (excludes halogenated alkanes) is 7. The van der Waals surface area contributed by atoms with Crippen molar-refractivity contribution in [1.29, 1.82) is 0 Å². The van der Waals surface area contributed by atoms with Crippen LogP contribution in [-0.2, 0) is 4.74 Å². The Kier molecular flexibility index (Phi) is 11.7. The number of halogens is 1. The van der Waals surface area contributed by atoms with Gasteiger partial charge in [-0.25, -0.2) is 4.79 Å². The molecule has 0 aliphatic rings. The first kappa shape index (κ1) is 16.6. The van der Waals surface area contributed by atoms with E-state index in [4.69, 9.17) is 11.6 Å². The third kappa shape index (κ3) is 10.4. The van der Waals surface area contributed by atoms with Crippen molar-refractivity contribution in [2.45, 2.75) is 58.3 Å². The van der Waals surface area contributed by atoms with E-state index < -0.39 is 0 Å². The molecule has 0 N–H and O–H groups in total. The van der Waals surface area contributed by atoms with Crippen LogP contribution in [0.5, 0.6) is 0 Å². The molecule has 0 heterocycles. The molecule has 0 unspecified atom stereocenters. The van der Waals surface area contributed by atoms with Gasteiger partial charge >= 0.3 is 6.09 Å². The van der Waals surface area contributed by atoms with Gasteiger partial charge in [0.2, 0.25) is 0 Å². The minimum atomic E-state index is -0.331. The Labute approximate surface area is 110 Å². The summed E-state index contributed by atoms with van der Waals surface area (Å²) in [6.07, 6.45) is 9.84. The molecule has 0 radical (unpaired) electrons. The average Bonchev–Trinajstić information content (AvgIpc) is 2.32. The Bertz CT molecular complexity index is 188. The van der Waals surface area contributed by atoms with Crippen LogP contribution in [0.2, 0.25) is 0 Å². The average molecular weight is 264 g/mol. The molecule has 17 heavy (non-hydrogen) atoms. The maximum atomic E-state index is 11.2. The van der Waals surface area contributed by atoms with E-state index in [1.165, 1.54) is 44.9 Å². The number of alkyl halides is 1. The maximum Gasteiger partial charge on any atom is 0.410 e. The second kappa shape index (κ2) is 12.0. The van der Waals surface area contributed by atoms with Crippen molar-refractivity contribution in [2.75, 3.05) is 19.7 Å². The smallest absolute Gasteiger partial charge is 0.410 e. The summed E-state index contributed by atoms with van der Waals surface area (Å²) < 4.78 is 4.68. The van der Waals surface area contributed by atoms with Gasteiger partial charge in [-0.15, -0.1) is 0 Å². The predicted molar refractivity (Wildman–Crippen MR) is 72.4 cm³/mol. The third-order valence-corrected chi connectivity index (χ3v) is 2.95. The SMILES string of the molecule is CCCCCCCCCCN(C)C(=O)OCCl. The monoisotopic (exact) mass is 263 g/mol. The van der Waals surface area contributed by atoms with Crippen LogP contribution in [0.25, 0.3) is 0 Å². The lowest BCUT2D eigenvalue weighted by molar-refractivity contribution is 0.126. The molecule has 0 rings (SSSR count). The molecule has 0 aliphatic carbocycles. The second-order valence-corrected chi connectivity index (χ2v) is 4.63. The Morgan fingerprint density at radius 3 is 2.12 bits per heavy atom. The van der Waals surface area contributed by atoms with E-state index in [1.54, 1.807) is 11.9 Å². The van der Waals surface area contributed by atoms with Crippen molar-refractivity contribution < 1.29 is 9.53 Å². The number of hydrogen-bond acceptors (Lipinski definition) is 2. The van der Waals surface area contributed by atoms with Crippen molar-refractivity contribution in [1.82, 2.24) is 4.90 Å². The van der Waals surface area contributed by atoms with Gasteiger partial charge in [-0.2, -0.15) is 0 Å². The standard InChI is InChI=1S/C13H26ClNO2/c1-3-4-5-6-7-8-9-10-11-15(2)13(16)17-12-14/h3-12H2,1-2H3. The van der Waals surface area contributed by atoms with E-state index >= 15 is 0 Å². The molecule has 0 aromatic rings. The lowest BCUT2D eigenvalue weighted by Crippen LogP contribution is -2.28. The zero-order chi connectivity index (χ0) is 12.9. The first-order valence-electron chi connectivity index (χ1n) is 6.66. The summed E-state index contributed by atoms with van der Waals surface area (Å²) in [4.78, 5) is 12.8. The number of nitrogens with zero attached hydrogens (tertiary/aromatic N) is 1. The number of amides is 1. The molecule has 3 nitrogen and oxygen atoms in total. The van der Waals surface area contributed by atoms with Crippen molar-refractivity contribution in [3.05, 3.63) is 0 Å². The Morgan fingerprint density at radius 2 is 1.59 bits per heavy atom. The van der Waals surface area contributed by atoms with Gasteiger partial charge in [0.1, 0.15) is 0 Å². The lowest BCUT2D eigenvalue weighted by Gasteiger charge is -2.15. The third-order valence-electron chi connectivity index (χ3n) is 2.84. The fraction of sp³-hybridized carbons (Fsp3) is 0.923. The highest BCUT2D eigenvalue weighted by Crippen LogP contribution is 2.08. The van der Waals surface area contributed by atoms with Crippen LogP contribution in [0.4, 0.5) is 4.79 Å². The van der Waals surface area contributed by atoms with Crippen molar-refractivity contribution in [2.24, 2.45) is 0 Å². The molecule has 4 heteroatoms. The molecule has 102 valence electrons. The first-order chi connectivity index (χ1) is 8.22. The van der Waals surface area contributed by atoms with Gasteiger partial charge < -0.3 is 9.64 Å². The topological polar surface area (TPSA) is 29.5 Å². The molecular formula is C13H26ClNO2. The second-order valence-electron chi connectivity index (χ2n) is 4.42. The fourth-order valence-electron chi connectivity index (χ4n) is 1.73. The summed E-state index contributed by atoms with van der Waals surface area (Å²) >= 11 is 5.31. The highest BCUT2D eigenvalue weighted by atomic mass is 35.5. The fourth-order valence-corrected chi connectivity index (χ4v) is 1.82. The quantitative estimate of drug-likeness (QED) is 0.432. The molecule has 0 saturated carbocycles. The van der Waals surface area contributed by atoms with Crippen molar-refractivity contribution >= 4 is 17.7 Å². The summed E-state index contributed by atoms with van der Waals surface area (Å²) in [7, 11) is 1.75. The van der Waals surface area contributed by atoms with Crippen LogP contribution < -0.4 is 0 Å². The van der Waals surface area contributed by atoms with Gasteiger partial charge in [-0.3, -0.25) is 0 Å². The van der Waals surface area contributed by atoms with Crippen LogP contribution in [0.15, 0.2) is 0 Å². The molecule has 0 aliphatic heterocycles. The highest BCUT2D eigenvalue weighted by molar-refractivity contribution is 6.17. The van der Waals surface area contributed by atoms with Gasteiger partial charge in [0.15, 0.2) is 6.07 Å². The summed E-state index contributed by atoms with van der Waals surface area (Å²) in [5.41, 5.74) is 0. The summed E-state index contributed by atoms with van der Waals surface area (Å²) in [6, 6.07) is -0.0688. The zero-order valence-corrected chi connectivity index (χ0v) is 12.0. The molecule has 0 aromatic heterocycles. The minimum absolute atomic E-state index is 0.0688. The first-order valence-corrected chi connectivity index (χ1v) is 7.19. The lowest BCUT2D eigenvalue weighted by atomic mass is 10.1. The molecule has 0 saturated heterocycles. The molecule has 1 amide bonds. The predicted octanol–water partition coefficient (Wildman–Crippen LogP) is 4.39. The Balaban J connectivity index is 3.24. The van der Waals surface area contributed by atoms with Crippen LogP contribution in [0, 0.1) is 0 Å². The number of rotatable bonds is 10. The number of ether oxygens (including phenoxy) is 1. The van der Waals surface area contributed by atoms with E-state index in [2.05, 4.69) is 11.7 Å². The number of hydrogen-bond donors (Lipinski definition) is 0. The Hall–Kier alpha value is -0.440. The van der Waals surface area contributed by atoms with Crippen LogP contribution in [0.1, 0.15) is 58.3 Å². The number of carbonyl (C=O) groups excluding carboxylic acids is 1. The van der Waals surface area contributed by atoms with Crippen LogP contribution in [-0.4, -0.2) is 30.7 Å². The minimum Gasteiger partial charge on any atom is -0.433 e. The number of carbonyl (C=O) groups is 1. The van der Waals surface area contributed by atoms with Gasteiger partial charge in [-0.05, 0) is 6.42 Å². The van der Waals surface area contributed by atoms with Crippen molar-refractivity contribution in [3.63, 3.8) is 0 Å². The van der Waals surface area contributed by atoms with Crippen molar-refractivity contribution in [3.8, 4) is 0 Å². The molecule has 0 bridgehead atoms. The largest absolute Gasteiger partial charge is 0.433 e. The van der Waals surface area contributed by atoms with Crippen LogP contribution in [0.3, 0.4) is 0 Å². The highest BCUT2D eigenvalue weighted by Gasteiger charge is 2.07. The van der Waals surface area contributed by atoms with Gasteiger partial charge in [0, 0.05) is 13.6 Å². The molecule has 0 spiro atoms. The molecular weight excluding hydrogens is 238 g/mol. The summed E-state index contributed by atoms with van der Waals surface area (Å²) in [6.45, 7) is 2.99. The Morgan fingerprint density at radius 1 is 1.06 bits per heavy atom. The molecule has 0 fully saturated rings. The summed E-state index contributed by atoms with van der Waals surface area (Å²) in [5.74, 6) is 0. The maximum absolute atomic E-state index is 11.2. The van der Waals surface area contributed by atoms with Gasteiger partial charge in [-0.1, -0.05) is 63.5 Å². The van der Waals surface area contributed by atoms with E-state index in [1.807, 2.05) is 0 Å². The van der Waals surface area contributed by atoms with E-state index in [-0.39, 0.29) is 12.2 Å². The summed E-state index contributed by atoms with van der Waals surface area (Å²) in [5, 5.41) is 0. The van der Waals surface area contributed by atoms with E-state index in [0.29, 0.717) is 0 Å². The van der Waals surface area contributed by atoms with E-state index in [9.17, 15) is 4.79 Å². The molecule has 0 aromatic carbocycles. The van der Waals surface area contributed by atoms with Gasteiger partial charge in [0.05, 0.1) is 0 Å². The van der Waals surface area contributed by atoms with Crippen LogP contribution >= 0.6 is 11.6 Å². The van der Waals surface area contributed by atoms with E-state index in [0.717, 1.165) is 13.0 Å². The molecule has 0 atom stereocenters. The normalized spacial score (nSPS) is 10.3. The van der Waals surface area contributed by atoms with Gasteiger partial charge in [0.25, 0.3) is 0 Å². The zero-order valence-electron chi connectivity index (χ0n) is 11.2.